The van der Waals surface area contributed by atoms with Gasteiger partial charge in [0.1, 0.15) is 23.8 Å². The molecule has 0 saturated carbocycles. The molecule has 12 heteroatoms. The molecule has 2 rings (SSSR count). The summed E-state index contributed by atoms with van der Waals surface area (Å²) in [5.41, 5.74) is 0.379. The summed E-state index contributed by atoms with van der Waals surface area (Å²) < 4.78 is 28.4. The molecule has 262 valence electrons. The average molecular weight is 679 g/mol. The summed E-state index contributed by atoms with van der Waals surface area (Å²) in [5.74, 6) is -4.40. The Bertz CT molecular complexity index is 1240. The molecule has 1 heterocycles. The van der Waals surface area contributed by atoms with Crippen molar-refractivity contribution in [2.75, 3.05) is 12.3 Å². The zero-order valence-corrected chi connectivity index (χ0v) is 29.2. The molecular weight excluding hydrogens is 626 g/mol. The van der Waals surface area contributed by atoms with Crippen molar-refractivity contribution in [1.82, 2.24) is 20.9 Å². The highest BCUT2D eigenvalue weighted by atomic mass is 32.2. The summed E-state index contributed by atoms with van der Waals surface area (Å²) >= 11 is 1.56. The van der Waals surface area contributed by atoms with E-state index in [2.05, 4.69) is 34.8 Å². The van der Waals surface area contributed by atoms with E-state index in [9.17, 15) is 33.4 Å². The van der Waals surface area contributed by atoms with E-state index in [0.29, 0.717) is 12.6 Å². The number of nitrogens with one attached hydrogen (secondary N) is 3. The highest BCUT2D eigenvalue weighted by Crippen LogP contribution is 2.24. The maximum atomic E-state index is 14.2. The van der Waals surface area contributed by atoms with Crippen LogP contribution in [0.2, 0.25) is 0 Å². The number of aliphatic hydroxyl groups excluding tert-OH is 2. The highest BCUT2D eigenvalue weighted by Gasteiger charge is 2.39. The molecule has 1 aromatic carbocycles. The molecule has 5 atom stereocenters. The molecule has 0 spiro atoms. The summed E-state index contributed by atoms with van der Waals surface area (Å²) in [7, 11) is 0. The minimum absolute atomic E-state index is 0.126. The van der Waals surface area contributed by atoms with Crippen molar-refractivity contribution >= 4 is 29.5 Å². The second-order valence-electron chi connectivity index (χ2n) is 12.8. The molecule has 1 aromatic heterocycles. The minimum atomic E-state index is -1.71. The van der Waals surface area contributed by atoms with Crippen molar-refractivity contribution < 1.29 is 33.4 Å². The van der Waals surface area contributed by atoms with Gasteiger partial charge in [-0.3, -0.25) is 19.4 Å². The van der Waals surface area contributed by atoms with E-state index in [1.807, 2.05) is 13.8 Å². The molecule has 5 N–H and O–H groups in total. The van der Waals surface area contributed by atoms with Gasteiger partial charge in [0.25, 0.3) is 5.91 Å². The van der Waals surface area contributed by atoms with Crippen molar-refractivity contribution in [3.63, 3.8) is 0 Å². The number of hydrogen-bond acceptors (Lipinski definition) is 7. The van der Waals surface area contributed by atoms with Crippen molar-refractivity contribution in [2.24, 2.45) is 17.8 Å². The normalized spacial score (nSPS) is 14.8. The predicted molar refractivity (Wildman–Crippen MR) is 182 cm³/mol. The van der Waals surface area contributed by atoms with Crippen LogP contribution in [-0.2, 0) is 16.0 Å². The third-order valence-electron chi connectivity index (χ3n) is 7.81. The van der Waals surface area contributed by atoms with E-state index in [1.54, 1.807) is 37.7 Å². The lowest BCUT2D eigenvalue weighted by molar-refractivity contribution is -0.136. The van der Waals surface area contributed by atoms with E-state index < -0.39 is 65.5 Å². The van der Waals surface area contributed by atoms with E-state index in [4.69, 9.17) is 0 Å². The zero-order valence-electron chi connectivity index (χ0n) is 28.3. The topological polar surface area (TPSA) is 141 Å². The number of halogens is 2. The first-order chi connectivity index (χ1) is 22.3. The molecule has 9 nitrogen and oxygen atoms in total. The van der Waals surface area contributed by atoms with Gasteiger partial charge in [-0.1, -0.05) is 54.4 Å². The van der Waals surface area contributed by atoms with E-state index >= 15 is 0 Å². The van der Waals surface area contributed by atoms with Crippen molar-refractivity contribution in [3.05, 3.63) is 65.5 Å². The van der Waals surface area contributed by atoms with Crippen molar-refractivity contribution in [3.8, 4) is 0 Å². The standard InChI is InChI=1S/C35H52F2N4O5S/c1-7-10-27(11-8-2)47-20-29(41-33(44)24-12-9-13-38-19-24)34(45)40-28(16-23-14-25(36)17-26(37)15-23)31(42)32(43)30(22(5)6)35(46)39-18-21(3)4/h9,12-15,17,19,21-22,27-32,42-43H,7-8,10-11,16,18,20H2,1-6H3,(H,39,46)(H,40,45)(H,41,44)/t28-,29?,30+,31+,32+/m0/s1. The lowest BCUT2D eigenvalue weighted by Crippen LogP contribution is -2.58. The summed E-state index contributed by atoms with van der Waals surface area (Å²) in [5, 5.41) is 31.5. The Morgan fingerprint density at radius 2 is 1.55 bits per heavy atom. The van der Waals surface area contributed by atoms with Gasteiger partial charge < -0.3 is 26.2 Å². The molecule has 2 aromatic rings. The number of hydrogen-bond donors (Lipinski definition) is 5. The number of nitrogens with zero attached hydrogens (tertiary/aromatic N) is 1. The lowest BCUT2D eigenvalue weighted by Gasteiger charge is -2.34. The second-order valence-corrected chi connectivity index (χ2v) is 14.1. The smallest absolute Gasteiger partial charge is 0.253 e. The van der Waals surface area contributed by atoms with Crippen LogP contribution in [0.25, 0.3) is 0 Å². The Morgan fingerprint density at radius 3 is 2.09 bits per heavy atom. The van der Waals surface area contributed by atoms with Gasteiger partial charge >= 0.3 is 0 Å². The Morgan fingerprint density at radius 1 is 0.915 bits per heavy atom. The zero-order chi connectivity index (χ0) is 35.1. The number of carbonyl (C=O) groups is 3. The van der Waals surface area contributed by atoms with Crippen LogP contribution in [0.3, 0.4) is 0 Å². The van der Waals surface area contributed by atoms with Crippen LogP contribution < -0.4 is 16.0 Å². The fourth-order valence-electron chi connectivity index (χ4n) is 5.36. The number of pyridine rings is 1. The summed E-state index contributed by atoms with van der Waals surface area (Å²) in [6.45, 7) is 11.8. The molecule has 0 saturated heterocycles. The van der Waals surface area contributed by atoms with Crippen LogP contribution in [0.15, 0.2) is 42.7 Å². The SMILES string of the molecule is CCCC(CCC)SCC(NC(=O)c1cccnc1)C(=O)N[C@@H](Cc1cc(F)cc(F)c1)[C@@H](O)[C@H](O)[C@H](C(=O)NCC(C)C)C(C)C. The van der Waals surface area contributed by atoms with Gasteiger partial charge in [0.15, 0.2) is 0 Å². The number of benzene rings is 1. The van der Waals surface area contributed by atoms with Gasteiger partial charge in [-0.05, 0) is 60.9 Å². The van der Waals surface area contributed by atoms with Gasteiger partial charge in [0.05, 0.1) is 23.6 Å². The Hall–Kier alpha value is -3.09. The first-order valence-corrected chi connectivity index (χ1v) is 17.5. The Labute approximate surface area is 282 Å². The third kappa shape index (κ3) is 13.5. The van der Waals surface area contributed by atoms with Crippen LogP contribution in [0.5, 0.6) is 0 Å². The monoisotopic (exact) mass is 678 g/mol. The van der Waals surface area contributed by atoms with Gasteiger partial charge in [-0.2, -0.15) is 11.8 Å². The lowest BCUT2D eigenvalue weighted by atomic mass is 9.83. The molecule has 1 unspecified atom stereocenters. The maximum Gasteiger partial charge on any atom is 0.253 e. The Kier molecular flexibility index (Phi) is 17.3. The second kappa shape index (κ2) is 20.3. The molecular formula is C35H52F2N4O5S. The van der Waals surface area contributed by atoms with E-state index in [1.165, 1.54) is 12.4 Å². The third-order valence-corrected chi connectivity index (χ3v) is 9.28. The first kappa shape index (κ1) is 40.1. The maximum absolute atomic E-state index is 14.2. The number of aliphatic hydroxyl groups is 2. The number of aromatic nitrogens is 1. The predicted octanol–water partition coefficient (Wildman–Crippen LogP) is 4.65. The Balaban J connectivity index is 2.44. The largest absolute Gasteiger partial charge is 0.390 e. The van der Waals surface area contributed by atoms with E-state index in [0.717, 1.165) is 37.8 Å². The number of amides is 3. The molecule has 3 amide bonds. The van der Waals surface area contributed by atoms with Crippen LogP contribution in [0, 0.1) is 29.4 Å². The molecule has 0 fully saturated rings. The average Bonchev–Trinajstić information content (AvgIpc) is 3.01. The molecule has 0 aliphatic carbocycles. The van der Waals surface area contributed by atoms with Gasteiger partial charge in [0.2, 0.25) is 11.8 Å². The summed E-state index contributed by atoms with van der Waals surface area (Å²) in [4.78, 5) is 44.2. The van der Waals surface area contributed by atoms with Crippen LogP contribution in [-0.4, -0.2) is 74.8 Å². The summed E-state index contributed by atoms with van der Waals surface area (Å²) in [6, 6.07) is 3.70. The number of rotatable bonds is 20. The molecule has 0 radical (unpaired) electrons. The minimum Gasteiger partial charge on any atom is -0.390 e. The number of carbonyl (C=O) groups excluding carboxylic acids is 3. The summed E-state index contributed by atoms with van der Waals surface area (Å²) in [6.07, 6.45) is 3.06. The fourth-order valence-corrected chi connectivity index (χ4v) is 6.86. The molecule has 47 heavy (non-hydrogen) atoms. The van der Waals surface area contributed by atoms with Gasteiger partial charge in [-0.15, -0.1) is 0 Å². The van der Waals surface area contributed by atoms with Crippen molar-refractivity contribution in [1.29, 1.82) is 0 Å². The molecule has 0 aliphatic heterocycles. The van der Waals surface area contributed by atoms with Crippen LogP contribution >= 0.6 is 11.8 Å². The van der Waals surface area contributed by atoms with Crippen molar-refractivity contribution in [2.45, 2.75) is 103 Å². The van der Waals surface area contributed by atoms with Crippen LogP contribution in [0.4, 0.5) is 8.78 Å². The van der Waals surface area contributed by atoms with Gasteiger partial charge in [0, 0.05) is 36.0 Å². The van der Waals surface area contributed by atoms with Gasteiger partial charge in [-0.25, -0.2) is 8.78 Å². The quantitative estimate of drug-likeness (QED) is 0.137. The molecule has 0 bridgehead atoms. The first-order valence-electron chi connectivity index (χ1n) is 16.5. The fraction of sp³-hybridized carbons (Fsp3) is 0.600. The van der Waals surface area contributed by atoms with Crippen LogP contribution in [0.1, 0.15) is 83.1 Å². The highest BCUT2D eigenvalue weighted by molar-refractivity contribution is 7.99. The number of thioether (sulfide) groups is 1. The molecule has 0 aliphatic rings. The van der Waals surface area contributed by atoms with E-state index in [-0.39, 0.29) is 34.5 Å².